The minimum Gasteiger partial charge on any atom is -0.452 e. The van der Waals surface area contributed by atoms with Crippen LogP contribution in [0.15, 0.2) is 53.2 Å². The second-order valence-corrected chi connectivity index (χ2v) is 5.48. The molecule has 0 saturated carbocycles. The number of carbonyl (C=O) groups is 2. The average molecular weight is 315 g/mol. The van der Waals surface area contributed by atoms with E-state index in [2.05, 4.69) is 5.32 Å². The van der Waals surface area contributed by atoms with E-state index in [1.807, 2.05) is 54.1 Å². The molecule has 1 N–H and O–H groups in total. The van der Waals surface area contributed by atoms with Gasteiger partial charge < -0.3 is 10.1 Å². The number of hydrogen-bond acceptors (Lipinski definition) is 4. The summed E-state index contributed by atoms with van der Waals surface area (Å²) in [5, 5.41) is 6.62. The average Bonchev–Trinajstić information content (AvgIpc) is 3.05. The van der Waals surface area contributed by atoms with Crippen LogP contribution in [0, 0.1) is 0 Å². The molecule has 0 bridgehead atoms. The maximum atomic E-state index is 11.8. The molecule has 114 valence electrons. The van der Waals surface area contributed by atoms with Gasteiger partial charge >= 0.3 is 5.97 Å². The molecule has 2 aromatic rings. The van der Waals surface area contributed by atoms with Crippen LogP contribution in [0.25, 0.3) is 6.08 Å². The van der Waals surface area contributed by atoms with E-state index >= 15 is 0 Å². The lowest BCUT2D eigenvalue weighted by atomic mass is 10.1. The van der Waals surface area contributed by atoms with Gasteiger partial charge in [-0.1, -0.05) is 30.3 Å². The fraction of sp³-hybridized carbons (Fsp3) is 0.176. The van der Waals surface area contributed by atoms with Gasteiger partial charge in [-0.25, -0.2) is 4.79 Å². The van der Waals surface area contributed by atoms with Crippen LogP contribution in [0.4, 0.5) is 0 Å². The Hall–Kier alpha value is -2.40. The molecular formula is C17H17NO3S. The summed E-state index contributed by atoms with van der Waals surface area (Å²) in [6, 6.07) is 11.4. The van der Waals surface area contributed by atoms with E-state index in [9.17, 15) is 9.59 Å². The van der Waals surface area contributed by atoms with Gasteiger partial charge in [0.05, 0.1) is 6.04 Å². The van der Waals surface area contributed by atoms with Gasteiger partial charge in [0, 0.05) is 6.08 Å². The topological polar surface area (TPSA) is 55.4 Å². The summed E-state index contributed by atoms with van der Waals surface area (Å²) in [6.07, 6.45) is 2.97. The predicted molar refractivity (Wildman–Crippen MR) is 87.3 cm³/mol. The van der Waals surface area contributed by atoms with Gasteiger partial charge in [-0.3, -0.25) is 4.79 Å². The third-order valence-electron chi connectivity index (χ3n) is 2.98. The van der Waals surface area contributed by atoms with Gasteiger partial charge in [-0.15, -0.1) is 0 Å². The standard InChI is InChI=1S/C17H17NO3S/c1-13(15-5-3-2-4-6-15)18-16(19)11-21-17(20)8-7-14-9-10-22-12-14/h2-10,12-13H,11H2,1H3,(H,18,19)/b8-7+/t13-/m1/s1. The molecule has 0 fully saturated rings. The Morgan fingerprint density at radius 1 is 1.27 bits per heavy atom. The molecule has 2 rings (SSSR count). The quantitative estimate of drug-likeness (QED) is 0.658. The SMILES string of the molecule is C[C@@H](NC(=O)COC(=O)/C=C/c1ccsc1)c1ccccc1. The van der Waals surface area contributed by atoms with Crippen LogP contribution in [0.2, 0.25) is 0 Å². The summed E-state index contributed by atoms with van der Waals surface area (Å²) < 4.78 is 4.90. The van der Waals surface area contributed by atoms with Crippen LogP contribution < -0.4 is 5.32 Å². The molecule has 4 nitrogen and oxygen atoms in total. The summed E-state index contributed by atoms with van der Waals surface area (Å²) in [5.41, 5.74) is 1.93. The first-order valence-electron chi connectivity index (χ1n) is 6.86. The second-order valence-electron chi connectivity index (χ2n) is 4.70. The molecule has 1 amide bonds. The second kappa shape index (κ2) is 8.14. The van der Waals surface area contributed by atoms with Crippen LogP contribution in [-0.4, -0.2) is 18.5 Å². The largest absolute Gasteiger partial charge is 0.452 e. The molecule has 0 radical (unpaired) electrons. The molecule has 0 aliphatic heterocycles. The molecule has 1 heterocycles. The van der Waals surface area contributed by atoms with Gasteiger partial charge in [0.15, 0.2) is 6.61 Å². The number of hydrogen-bond donors (Lipinski definition) is 1. The molecule has 0 aliphatic rings. The first-order chi connectivity index (χ1) is 10.6. The highest BCUT2D eigenvalue weighted by Gasteiger charge is 2.10. The van der Waals surface area contributed by atoms with Crippen molar-refractivity contribution in [2.24, 2.45) is 0 Å². The maximum Gasteiger partial charge on any atom is 0.331 e. The highest BCUT2D eigenvalue weighted by molar-refractivity contribution is 7.08. The van der Waals surface area contributed by atoms with Crippen LogP contribution in [0.1, 0.15) is 24.1 Å². The molecule has 1 aromatic carbocycles. The van der Waals surface area contributed by atoms with Crippen LogP contribution in [-0.2, 0) is 14.3 Å². The number of carbonyl (C=O) groups excluding carboxylic acids is 2. The van der Waals surface area contributed by atoms with Crippen molar-refractivity contribution in [3.63, 3.8) is 0 Å². The van der Waals surface area contributed by atoms with E-state index in [0.29, 0.717) is 0 Å². The fourth-order valence-corrected chi connectivity index (χ4v) is 2.46. The van der Waals surface area contributed by atoms with Gasteiger partial charge in [-0.2, -0.15) is 11.3 Å². The first kappa shape index (κ1) is 16.0. The Balaban J connectivity index is 1.74. The van der Waals surface area contributed by atoms with Crippen molar-refractivity contribution in [1.82, 2.24) is 5.32 Å². The Morgan fingerprint density at radius 2 is 2.05 bits per heavy atom. The number of ether oxygens (including phenoxy) is 1. The minimum atomic E-state index is -0.534. The van der Waals surface area contributed by atoms with Crippen molar-refractivity contribution < 1.29 is 14.3 Å². The van der Waals surface area contributed by atoms with Gasteiger partial charge in [0.2, 0.25) is 0 Å². The normalized spacial score (nSPS) is 12.0. The third kappa shape index (κ3) is 5.18. The lowest BCUT2D eigenvalue weighted by Crippen LogP contribution is -2.30. The lowest BCUT2D eigenvalue weighted by molar-refractivity contribution is -0.144. The van der Waals surface area contributed by atoms with E-state index in [0.717, 1.165) is 11.1 Å². The maximum absolute atomic E-state index is 11.8. The van der Waals surface area contributed by atoms with Crippen molar-refractivity contribution >= 4 is 29.3 Å². The van der Waals surface area contributed by atoms with Crippen molar-refractivity contribution in [2.45, 2.75) is 13.0 Å². The first-order valence-corrected chi connectivity index (χ1v) is 7.81. The van der Waals surface area contributed by atoms with Crippen molar-refractivity contribution in [3.05, 3.63) is 64.4 Å². The molecule has 0 spiro atoms. The number of thiophene rings is 1. The highest BCUT2D eigenvalue weighted by atomic mass is 32.1. The highest BCUT2D eigenvalue weighted by Crippen LogP contribution is 2.10. The number of esters is 1. The van der Waals surface area contributed by atoms with Gasteiger partial charge in [0.1, 0.15) is 0 Å². The Bertz CT molecular complexity index is 635. The Morgan fingerprint density at radius 3 is 2.73 bits per heavy atom. The zero-order valence-electron chi connectivity index (χ0n) is 12.2. The Kier molecular flexibility index (Phi) is 5.91. The predicted octanol–water partition coefficient (Wildman–Crippen LogP) is 3.18. The molecule has 0 aliphatic carbocycles. The van der Waals surface area contributed by atoms with Crippen LogP contribution in [0.5, 0.6) is 0 Å². The summed E-state index contributed by atoms with van der Waals surface area (Å²) in [4.78, 5) is 23.3. The van der Waals surface area contributed by atoms with Gasteiger partial charge in [-0.05, 0) is 41.0 Å². The summed E-state index contributed by atoms with van der Waals surface area (Å²) in [5.74, 6) is -0.859. The summed E-state index contributed by atoms with van der Waals surface area (Å²) in [7, 11) is 0. The van der Waals surface area contributed by atoms with Crippen LogP contribution >= 0.6 is 11.3 Å². The molecule has 1 atom stereocenters. The third-order valence-corrected chi connectivity index (χ3v) is 3.68. The van der Waals surface area contributed by atoms with Crippen molar-refractivity contribution in [3.8, 4) is 0 Å². The molecular weight excluding hydrogens is 298 g/mol. The number of rotatable bonds is 6. The van der Waals surface area contributed by atoms with E-state index in [1.165, 1.54) is 6.08 Å². The molecule has 1 aromatic heterocycles. The zero-order valence-corrected chi connectivity index (χ0v) is 13.0. The zero-order chi connectivity index (χ0) is 15.8. The number of amides is 1. The monoisotopic (exact) mass is 315 g/mol. The lowest BCUT2D eigenvalue weighted by Gasteiger charge is -2.13. The van der Waals surface area contributed by atoms with Crippen molar-refractivity contribution in [1.29, 1.82) is 0 Å². The molecule has 22 heavy (non-hydrogen) atoms. The summed E-state index contributed by atoms with van der Waals surface area (Å²) >= 11 is 1.55. The smallest absolute Gasteiger partial charge is 0.331 e. The number of nitrogens with one attached hydrogen (secondary N) is 1. The molecule has 0 saturated heterocycles. The molecule has 5 heteroatoms. The van der Waals surface area contributed by atoms with E-state index in [4.69, 9.17) is 4.74 Å². The van der Waals surface area contributed by atoms with Crippen LogP contribution in [0.3, 0.4) is 0 Å². The van der Waals surface area contributed by atoms with E-state index in [-0.39, 0.29) is 18.6 Å². The van der Waals surface area contributed by atoms with E-state index in [1.54, 1.807) is 17.4 Å². The summed E-state index contributed by atoms with van der Waals surface area (Å²) in [6.45, 7) is 1.59. The minimum absolute atomic E-state index is 0.131. The molecule has 0 unspecified atom stereocenters. The van der Waals surface area contributed by atoms with Gasteiger partial charge in [0.25, 0.3) is 5.91 Å². The van der Waals surface area contributed by atoms with E-state index < -0.39 is 5.97 Å². The fourth-order valence-electron chi connectivity index (χ4n) is 1.83. The van der Waals surface area contributed by atoms with Crippen molar-refractivity contribution in [2.75, 3.05) is 6.61 Å². The Labute approximate surface area is 133 Å². The number of benzene rings is 1.